The van der Waals surface area contributed by atoms with E-state index in [9.17, 15) is 5.11 Å². The summed E-state index contributed by atoms with van der Waals surface area (Å²) in [4.78, 5) is 0. The summed E-state index contributed by atoms with van der Waals surface area (Å²) < 4.78 is 1.89. The Hall–Kier alpha value is -0.870. The molecule has 0 aromatic carbocycles. The number of rotatable bonds is 5. The van der Waals surface area contributed by atoms with Gasteiger partial charge in [0.05, 0.1) is 12.3 Å². The van der Waals surface area contributed by atoms with Gasteiger partial charge in [-0.1, -0.05) is 13.3 Å². The zero-order valence-electron chi connectivity index (χ0n) is 9.89. The number of aliphatic hydroxyl groups excluding tert-OH is 1. The van der Waals surface area contributed by atoms with Crippen LogP contribution in [0.4, 0.5) is 0 Å². The minimum atomic E-state index is -0.447. The average Bonchev–Trinajstić information content (AvgIpc) is 2.66. The van der Waals surface area contributed by atoms with Crippen LogP contribution in [0.15, 0.2) is 12.4 Å². The lowest BCUT2D eigenvalue weighted by molar-refractivity contribution is -0.0297. The molecule has 4 heteroatoms. The maximum Gasteiger partial charge on any atom is 0.0888 e. The number of aliphatic hydroxyl groups is 1. The number of aryl methyl sites for hydroxylation is 1. The largest absolute Gasteiger partial charge is 0.388 e. The highest BCUT2D eigenvalue weighted by molar-refractivity contribution is 5.14. The van der Waals surface area contributed by atoms with E-state index in [4.69, 9.17) is 5.73 Å². The Labute approximate surface area is 96.5 Å². The van der Waals surface area contributed by atoms with Crippen molar-refractivity contribution < 1.29 is 5.11 Å². The highest BCUT2D eigenvalue weighted by Gasteiger charge is 2.43. The average molecular weight is 223 g/mol. The van der Waals surface area contributed by atoms with Crippen molar-refractivity contribution in [2.75, 3.05) is 6.54 Å². The Morgan fingerprint density at radius 2 is 2.38 bits per heavy atom. The van der Waals surface area contributed by atoms with E-state index in [1.54, 1.807) is 6.20 Å². The fraction of sp³-hybridized carbons (Fsp3) is 0.750. The van der Waals surface area contributed by atoms with Crippen LogP contribution in [0.3, 0.4) is 0 Å². The first-order valence-electron chi connectivity index (χ1n) is 6.12. The summed E-state index contributed by atoms with van der Waals surface area (Å²) in [6.07, 6.45) is 7.57. The molecule has 1 saturated carbocycles. The van der Waals surface area contributed by atoms with E-state index >= 15 is 0 Å². The van der Waals surface area contributed by atoms with Crippen molar-refractivity contribution in [3.05, 3.63) is 18.0 Å². The van der Waals surface area contributed by atoms with Crippen molar-refractivity contribution in [3.63, 3.8) is 0 Å². The van der Waals surface area contributed by atoms with Crippen LogP contribution in [0.1, 0.15) is 44.3 Å². The molecule has 0 aliphatic heterocycles. The van der Waals surface area contributed by atoms with Crippen LogP contribution in [-0.2, 0) is 6.54 Å². The quantitative estimate of drug-likeness (QED) is 0.794. The summed E-state index contributed by atoms with van der Waals surface area (Å²) in [6.45, 7) is 3.58. The molecule has 1 aromatic rings. The van der Waals surface area contributed by atoms with Gasteiger partial charge in [0.25, 0.3) is 0 Å². The second-order valence-corrected chi connectivity index (χ2v) is 4.86. The van der Waals surface area contributed by atoms with E-state index in [1.165, 1.54) is 6.42 Å². The van der Waals surface area contributed by atoms with Gasteiger partial charge >= 0.3 is 0 Å². The van der Waals surface area contributed by atoms with Crippen LogP contribution in [0.25, 0.3) is 0 Å². The summed E-state index contributed by atoms with van der Waals surface area (Å²) in [5, 5.41) is 14.6. The van der Waals surface area contributed by atoms with E-state index in [2.05, 4.69) is 12.0 Å². The third-order valence-corrected chi connectivity index (χ3v) is 3.76. The van der Waals surface area contributed by atoms with E-state index in [-0.39, 0.29) is 5.41 Å². The summed E-state index contributed by atoms with van der Waals surface area (Å²) in [5.41, 5.74) is 6.62. The molecular weight excluding hydrogens is 202 g/mol. The lowest BCUT2D eigenvalue weighted by Gasteiger charge is -2.44. The van der Waals surface area contributed by atoms with Gasteiger partial charge in [-0.2, -0.15) is 5.10 Å². The molecule has 3 N–H and O–H groups in total. The Bertz CT molecular complexity index is 338. The maximum atomic E-state index is 10.3. The van der Waals surface area contributed by atoms with E-state index in [1.807, 2.05) is 10.9 Å². The van der Waals surface area contributed by atoms with Crippen molar-refractivity contribution in [3.8, 4) is 0 Å². The van der Waals surface area contributed by atoms with Crippen molar-refractivity contribution in [2.24, 2.45) is 11.1 Å². The molecule has 1 aromatic heterocycles. The Balaban J connectivity index is 2.10. The third-order valence-electron chi connectivity index (χ3n) is 3.76. The van der Waals surface area contributed by atoms with Gasteiger partial charge in [0.2, 0.25) is 0 Å². The van der Waals surface area contributed by atoms with Gasteiger partial charge in [-0.25, -0.2) is 0 Å². The van der Waals surface area contributed by atoms with Crippen LogP contribution >= 0.6 is 0 Å². The third kappa shape index (κ3) is 1.87. The molecular formula is C12H21N3O. The monoisotopic (exact) mass is 223 g/mol. The molecule has 0 saturated heterocycles. The molecule has 16 heavy (non-hydrogen) atoms. The summed E-state index contributed by atoms with van der Waals surface area (Å²) in [6, 6.07) is 0. The first-order chi connectivity index (χ1) is 7.72. The van der Waals surface area contributed by atoms with Gasteiger partial charge in [-0.15, -0.1) is 0 Å². The molecule has 90 valence electrons. The lowest BCUT2D eigenvalue weighted by atomic mass is 9.64. The zero-order chi connectivity index (χ0) is 11.6. The number of aromatic nitrogens is 2. The van der Waals surface area contributed by atoms with Crippen molar-refractivity contribution in [2.45, 2.75) is 45.3 Å². The molecule has 1 aliphatic rings. The zero-order valence-corrected chi connectivity index (χ0v) is 9.89. The predicted octanol–water partition coefficient (Wildman–Crippen LogP) is 1.46. The molecule has 1 aliphatic carbocycles. The van der Waals surface area contributed by atoms with Gasteiger partial charge in [-0.05, 0) is 19.3 Å². The molecule has 1 heterocycles. The number of nitrogens with zero attached hydrogens (tertiary/aromatic N) is 2. The predicted molar refractivity (Wildman–Crippen MR) is 62.8 cm³/mol. The molecule has 0 amide bonds. The molecule has 0 radical (unpaired) electrons. The molecule has 0 unspecified atom stereocenters. The first kappa shape index (κ1) is 11.6. The topological polar surface area (TPSA) is 64.1 Å². The molecule has 1 fully saturated rings. The molecule has 1 atom stereocenters. The SMILES string of the molecule is CCCn1cc([C@@H](O)C2(CN)CCC2)cn1. The standard InChI is InChI=1S/C12H21N3O/c1-2-6-15-8-10(7-14-15)11(16)12(9-13)4-3-5-12/h7-8,11,16H,2-6,9,13H2,1H3/t11-/m1/s1. The number of hydrogen-bond acceptors (Lipinski definition) is 3. The fourth-order valence-corrected chi connectivity index (χ4v) is 2.45. The number of hydrogen-bond donors (Lipinski definition) is 2. The summed E-state index contributed by atoms with van der Waals surface area (Å²) in [5.74, 6) is 0. The lowest BCUT2D eigenvalue weighted by Crippen LogP contribution is -2.42. The maximum absolute atomic E-state index is 10.3. The second-order valence-electron chi connectivity index (χ2n) is 4.86. The fourth-order valence-electron chi connectivity index (χ4n) is 2.45. The number of nitrogens with two attached hydrogens (primary N) is 1. The van der Waals surface area contributed by atoms with E-state index in [0.717, 1.165) is 31.4 Å². The Morgan fingerprint density at radius 1 is 1.62 bits per heavy atom. The van der Waals surface area contributed by atoms with Crippen molar-refractivity contribution >= 4 is 0 Å². The molecule has 0 bridgehead atoms. The van der Waals surface area contributed by atoms with E-state index in [0.29, 0.717) is 6.54 Å². The van der Waals surface area contributed by atoms with Crippen molar-refractivity contribution in [1.29, 1.82) is 0 Å². The van der Waals surface area contributed by atoms with E-state index < -0.39 is 6.10 Å². The Morgan fingerprint density at radius 3 is 2.88 bits per heavy atom. The van der Waals surface area contributed by atoms with Gasteiger partial charge in [-0.3, -0.25) is 4.68 Å². The molecule has 2 rings (SSSR count). The molecule has 0 spiro atoms. The second kappa shape index (κ2) is 4.55. The van der Waals surface area contributed by atoms with Crippen LogP contribution in [0.5, 0.6) is 0 Å². The van der Waals surface area contributed by atoms with Gasteiger partial charge in [0, 0.05) is 30.3 Å². The van der Waals surface area contributed by atoms with Crippen LogP contribution in [-0.4, -0.2) is 21.4 Å². The smallest absolute Gasteiger partial charge is 0.0888 e. The van der Waals surface area contributed by atoms with Crippen molar-refractivity contribution in [1.82, 2.24) is 9.78 Å². The van der Waals surface area contributed by atoms with Crippen LogP contribution < -0.4 is 5.73 Å². The summed E-state index contributed by atoms with van der Waals surface area (Å²) >= 11 is 0. The van der Waals surface area contributed by atoms with Gasteiger partial charge in [0.1, 0.15) is 0 Å². The van der Waals surface area contributed by atoms with Crippen LogP contribution in [0, 0.1) is 5.41 Å². The minimum absolute atomic E-state index is 0.0833. The van der Waals surface area contributed by atoms with Gasteiger partial charge in [0.15, 0.2) is 0 Å². The normalized spacial score (nSPS) is 20.4. The summed E-state index contributed by atoms with van der Waals surface area (Å²) in [7, 11) is 0. The first-order valence-corrected chi connectivity index (χ1v) is 6.12. The minimum Gasteiger partial charge on any atom is -0.388 e. The van der Waals surface area contributed by atoms with Gasteiger partial charge < -0.3 is 10.8 Å². The highest BCUT2D eigenvalue weighted by Crippen LogP contribution is 2.49. The molecule has 4 nitrogen and oxygen atoms in total. The van der Waals surface area contributed by atoms with Crippen LogP contribution in [0.2, 0.25) is 0 Å². The highest BCUT2D eigenvalue weighted by atomic mass is 16.3. The Kier molecular flexibility index (Phi) is 3.30.